The van der Waals surface area contributed by atoms with Gasteiger partial charge in [0.25, 0.3) is 0 Å². The number of nitriles is 1. The number of carbonyl (C=O) groups excluding carboxylic acids is 1. The smallest absolute Gasteiger partial charge is 0.407 e. The van der Waals surface area contributed by atoms with E-state index in [4.69, 9.17) is 21.1 Å². The summed E-state index contributed by atoms with van der Waals surface area (Å²) >= 11 is 0. The van der Waals surface area contributed by atoms with Gasteiger partial charge in [-0.05, 0) is 24.3 Å². The molecule has 1 aliphatic heterocycles. The van der Waals surface area contributed by atoms with Gasteiger partial charge in [0.2, 0.25) is 0 Å². The molecule has 0 radical (unpaired) electrons. The number of rotatable bonds is 7. The van der Waals surface area contributed by atoms with E-state index in [-0.39, 0.29) is 13.1 Å². The third-order valence-electron chi connectivity index (χ3n) is 5.12. The van der Waals surface area contributed by atoms with Crippen LogP contribution in [0.5, 0.6) is 0 Å². The first-order valence-electron chi connectivity index (χ1n) is 9.65. The molecule has 156 valence electrons. The number of anilines is 1. The number of hydrogen-bond acceptors (Lipinski definition) is 7. The molecule has 1 unspecified atom stereocenters. The lowest BCUT2D eigenvalue weighted by Crippen LogP contribution is -2.57. The van der Waals surface area contributed by atoms with Crippen LogP contribution in [-0.4, -0.2) is 77.7 Å². The van der Waals surface area contributed by atoms with E-state index in [1.165, 1.54) is 0 Å². The van der Waals surface area contributed by atoms with E-state index in [2.05, 4.69) is 11.0 Å². The summed E-state index contributed by atoms with van der Waals surface area (Å²) in [4.78, 5) is 31.8. The summed E-state index contributed by atoms with van der Waals surface area (Å²) in [5.74, 6) is 0.859. The van der Waals surface area contributed by atoms with E-state index < -0.39 is 12.3 Å². The van der Waals surface area contributed by atoms with Crippen molar-refractivity contribution < 1.29 is 14.7 Å². The Morgan fingerprint density at radius 3 is 2.53 bits per heavy atom. The van der Waals surface area contributed by atoms with E-state index in [1.807, 2.05) is 35.2 Å². The van der Waals surface area contributed by atoms with E-state index in [0.29, 0.717) is 38.0 Å². The van der Waals surface area contributed by atoms with Gasteiger partial charge in [-0.1, -0.05) is 18.2 Å². The molecule has 1 aliphatic rings. The predicted octanol–water partition coefficient (Wildman–Crippen LogP) is 1.21. The van der Waals surface area contributed by atoms with Crippen molar-refractivity contribution in [2.24, 2.45) is 5.73 Å². The van der Waals surface area contributed by atoms with Crippen molar-refractivity contribution in [3.05, 3.63) is 48.0 Å². The van der Waals surface area contributed by atoms with Crippen molar-refractivity contribution in [2.75, 3.05) is 44.2 Å². The highest BCUT2D eigenvalue weighted by molar-refractivity contribution is 5.69. The van der Waals surface area contributed by atoms with Gasteiger partial charge in [-0.25, -0.2) is 9.78 Å². The number of aldehydes is 1. The Balaban J connectivity index is 1.61. The molecule has 1 amide bonds. The van der Waals surface area contributed by atoms with Crippen LogP contribution in [-0.2, 0) is 4.79 Å². The van der Waals surface area contributed by atoms with Crippen molar-refractivity contribution in [3.8, 4) is 17.3 Å². The van der Waals surface area contributed by atoms with Crippen LogP contribution in [0.2, 0.25) is 0 Å². The zero-order chi connectivity index (χ0) is 21.5. The first-order valence-corrected chi connectivity index (χ1v) is 9.65. The van der Waals surface area contributed by atoms with E-state index in [0.717, 1.165) is 22.0 Å². The molecular weight excluding hydrogens is 384 g/mol. The summed E-state index contributed by atoms with van der Waals surface area (Å²) in [6.45, 7) is 2.64. The van der Waals surface area contributed by atoms with Crippen molar-refractivity contribution in [1.29, 1.82) is 5.26 Å². The summed E-state index contributed by atoms with van der Waals surface area (Å²) < 4.78 is 0. The second-order valence-corrected chi connectivity index (χ2v) is 7.01. The van der Waals surface area contributed by atoms with Gasteiger partial charge >= 0.3 is 6.09 Å². The van der Waals surface area contributed by atoms with Gasteiger partial charge in [0.05, 0.1) is 36.6 Å². The van der Waals surface area contributed by atoms with E-state index in [9.17, 15) is 9.59 Å². The van der Waals surface area contributed by atoms with E-state index in [1.54, 1.807) is 12.1 Å². The SMILES string of the molecule is N#Cc1ccc(-c2cccc(N3CCN(C(N)CN(CC=O)C(=O)O)CC3)n2)cc1. The number of piperazine rings is 1. The van der Waals surface area contributed by atoms with Gasteiger partial charge in [-0.15, -0.1) is 0 Å². The van der Waals surface area contributed by atoms with Crippen molar-refractivity contribution in [3.63, 3.8) is 0 Å². The van der Waals surface area contributed by atoms with Gasteiger partial charge in [-0.3, -0.25) is 9.80 Å². The van der Waals surface area contributed by atoms with Crippen LogP contribution in [0.1, 0.15) is 5.56 Å². The molecule has 9 heteroatoms. The van der Waals surface area contributed by atoms with Crippen molar-refractivity contribution in [1.82, 2.24) is 14.8 Å². The Kier molecular flexibility index (Phi) is 6.95. The summed E-state index contributed by atoms with van der Waals surface area (Å²) in [5, 5.41) is 18.1. The Labute approximate surface area is 174 Å². The fourth-order valence-electron chi connectivity index (χ4n) is 3.42. The van der Waals surface area contributed by atoms with Crippen LogP contribution in [0, 0.1) is 11.3 Å². The van der Waals surface area contributed by atoms with Gasteiger partial charge in [0, 0.05) is 31.7 Å². The predicted molar refractivity (Wildman–Crippen MR) is 112 cm³/mol. The molecule has 0 saturated carbocycles. The number of aromatic nitrogens is 1. The van der Waals surface area contributed by atoms with Crippen LogP contribution < -0.4 is 10.6 Å². The number of nitrogens with two attached hydrogens (primary N) is 1. The third-order valence-corrected chi connectivity index (χ3v) is 5.12. The van der Waals surface area contributed by atoms with Crippen LogP contribution >= 0.6 is 0 Å². The summed E-state index contributed by atoms with van der Waals surface area (Å²) in [7, 11) is 0. The fraction of sp³-hybridized carbons (Fsp3) is 0.333. The third kappa shape index (κ3) is 5.11. The first kappa shape index (κ1) is 21.2. The lowest BCUT2D eigenvalue weighted by atomic mass is 10.1. The monoisotopic (exact) mass is 408 g/mol. The lowest BCUT2D eigenvalue weighted by molar-refractivity contribution is -0.108. The summed E-state index contributed by atoms with van der Waals surface area (Å²) in [5.41, 5.74) is 8.56. The maximum absolute atomic E-state index is 11.2. The molecule has 1 aromatic carbocycles. The average Bonchev–Trinajstić information content (AvgIpc) is 2.79. The highest BCUT2D eigenvalue weighted by atomic mass is 16.4. The zero-order valence-corrected chi connectivity index (χ0v) is 16.5. The van der Waals surface area contributed by atoms with Crippen LogP contribution in [0.3, 0.4) is 0 Å². The lowest BCUT2D eigenvalue weighted by Gasteiger charge is -2.39. The first-order chi connectivity index (χ1) is 14.5. The minimum Gasteiger partial charge on any atom is -0.465 e. The Hall–Kier alpha value is -3.48. The molecule has 1 atom stereocenters. The molecular formula is C21H24N6O3. The van der Waals surface area contributed by atoms with Crippen LogP contribution in [0.4, 0.5) is 10.6 Å². The molecule has 0 aliphatic carbocycles. The molecule has 2 heterocycles. The molecule has 0 bridgehead atoms. The van der Waals surface area contributed by atoms with Gasteiger partial charge < -0.3 is 20.5 Å². The van der Waals surface area contributed by atoms with Crippen LogP contribution in [0.25, 0.3) is 11.3 Å². The second kappa shape index (κ2) is 9.82. The highest BCUT2D eigenvalue weighted by Crippen LogP contribution is 2.22. The van der Waals surface area contributed by atoms with Crippen LogP contribution in [0.15, 0.2) is 42.5 Å². The quantitative estimate of drug-likeness (QED) is 0.655. The number of amides is 1. The molecule has 1 aromatic heterocycles. The number of benzene rings is 1. The minimum absolute atomic E-state index is 0.0838. The van der Waals surface area contributed by atoms with Crippen molar-refractivity contribution in [2.45, 2.75) is 6.17 Å². The Morgan fingerprint density at radius 1 is 1.23 bits per heavy atom. The number of carboxylic acid groups (broad SMARTS) is 1. The normalized spacial score (nSPS) is 15.3. The Bertz CT molecular complexity index is 919. The molecule has 0 spiro atoms. The molecule has 30 heavy (non-hydrogen) atoms. The highest BCUT2D eigenvalue weighted by Gasteiger charge is 2.25. The molecule has 2 aromatic rings. The fourth-order valence-corrected chi connectivity index (χ4v) is 3.42. The minimum atomic E-state index is -1.15. The molecule has 1 saturated heterocycles. The summed E-state index contributed by atoms with van der Waals surface area (Å²) in [6, 6.07) is 15.3. The molecule has 1 fully saturated rings. The number of pyridine rings is 1. The van der Waals surface area contributed by atoms with Gasteiger partial charge in [-0.2, -0.15) is 5.26 Å². The van der Waals surface area contributed by atoms with Gasteiger partial charge in [0.15, 0.2) is 0 Å². The Morgan fingerprint density at radius 2 is 1.93 bits per heavy atom. The zero-order valence-electron chi connectivity index (χ0n) is 16.5. The average molecular weight is 408 g/mol. The molecule has 3 rings (SSSR count). The maximum atomic E-state index is 11.2. The molecule has 9 nitrogen and oxygen atoms in total. The number of carbonyl (C=O) groups is 2. The number of hydrogen-bond donors (Lipinski definition) is 2. The number of nitrogens with zero attached hydrogens (tertiary/aromatic N) is 5. The summed E-state index contributed by atoms with van der Waals surface area (Å²) in [6.07, 6.45) is -1.06. The van der Waals surface area contributed by atoms with Crippen molar-refractivity contribution >= 4 is 18.2 Å². The maximum Gasteiger partial charge on any atom is 0.407 e. The van der Waals surface area contributed by atoms with E-state index >= 15 is 0 Å². The largest absolute Gasteiger partial charge is 0.465 e. The topological polar surface area (TPSA) is 127 Å². The second-order valence-electron chi connectivity index (χ2n) is 7.01. The molecule has 3 N–H and O–H groups in total. The standard InChI is InChI=1S/C21H24N6O3/c22-14-16-4-6-17(7-5-16)18-2-1-3-20(24-18)26-10-8-25(9-11-26)19(23)15-27(12-13-28)21(29)30/h1-7,13,19H,8-12,15,23H2,(H,29,30). The van der Waals surface area contributed by atoms with Gasteiger partial charge in [0.1, 0.15) is 12.1 Å².